The smallest absolute Gasteiger partial charge is 0.243 e. The molecule has 0 spiro atoms. The summed E-state index contributed by atoms with van der Waals surface area (Å²) in [6.07, 6.45) is 0. The van der Waals surface area contributed by atoms with E-state index in [0.717, 1.165) is 5.56 Å². The van der Waals surface area contributed by atoms with Crippen molar-refractivity contribution in [1.82, 2.24) is 9.21 Å². The normalized spacial score (nSPS) is 19.3. The zero-order valence-electron chi connectivity index (χ0n) is 15.3. The minimum atomic E-state index is -3.61. The molecule has 3 rings (SSSR count). The standard InChI is InChI=1S/C19H24N2O4S/c1-20-11-12-21(14-17(20)15-7-5-4-6-8-15)26(22,23)16-9-10-18(24-2)19(13-16)25-3/h4-10,13,17H,11-12,14H2,1-3H3/t17-/m1/s1. The molecule has 7 heteroatoms. The van der Waals surface area contributed by atoms with Crippen molar-refractivity contribution < 1.29 is 17.9 Å². The minimum Gasteiger partial charge on any atom is -0.493 e. The third kappa shape index (κ3) is 3.56. The highest BCUT2D eigenvalue weighted by molar-refractivity contribution is 7.89. The van der Waals surface area contributed by atoms with Gasteiger partial charge in [-0.2, -0.15) is 4.31 Å². The molecule has 0 radical (unpaired) electrons. The molecule has 140 valence electrons. The molecule has 1 atom stereocenters. The van der Waals surface area contributed by atoms with Crippen molar-refractivity contribution in [1.29, 1.82) is 0 Å². The van der Waals surface area contributed by atoms with Gasteiger partial charge in [-0.1, -0.05) is 30.3 Å². The second-order valence-corrected chi connectivity index (χ2v) is 8.22. The number of hydrogen-bond acceptors (Lipinski definition) is 5. The molecule has 0 aromatic heterocycles. The van der Waals surface area contributed by atoms with Crippen LogP contribution in [0.3, 0.4) is 0 Å². The van der Waals surface area contributed by atoms with Crippen LogP contribution in [0.2, 0.25) is 0 Å². The molecule has 6 nitrogen and oxygen atoms in total. The summed E-state index contributed by atoms with van der Waals surface area (Å²) in [7, 11) is 1.43. The monoisotopic (exact) mass is 376 g/mol. The molecule has 0 bridgehead atoms. The number of ether oxygens (including phenoxy) is 2. The average molecular weight is 376 g/mol. The van der Waals surface area contributed by atoms with Crippen molar-refractivity contribution in [3.05, 3.63) is 54.1 Å². The average Bonchev–Trinajstić information content (AvgIpc) is 2.68. The number of likely N-dealkylation sites (N-methyl/N-ethyl adjacent to an activating group) is 1. The highest BCUT2D eigenvalue weighted by Crippen LogP contribution is 2.32. The van der Waals surface area contributed by atoms with E-state index in [-0.39, 0.29) is 10.9 Å². The zero-order chi connectivity index (χ0) is 18.7. The van der Waals surface area contributed by atoms with Crippen molar-refractivity contribution in [2.24, 2.45) is 0 Å². The van der Waals surface area contributed by atoms with Gasteiger partial charge in [0.1, 0.15) is 0 Å². The number of methoxy groups -OCH3 is 2. The first-order chi connectivity index (χ1) is 12.5. The molecule has 26 heavy (non-hydrogen) atoms. The summed E-state index contributed by atoms with van der Waals surface area (Å²) in [5.74, 6) is 0.911. The van der Waals surface area contributed by atoms with Crippen LogP contribution in [-0.2, 0) is 10.0 Å². The van der Waals surface area contributed by atoms with E-state index in [9.17, 15) is 8.42 Å². The fourth-order valence-corrected chi connectivity index (χ4v) is 4.68. The largest absolute Gasteiger partial charge is 0.493 e. The Labute approximate surface area is 155 Å². The van der Waals surface area contributed by atoms with Crippen molar-refractivity contribution in [3.63, 3.8) is 0 Å². The Kier molecular flexibility index (Phi) is 5.50. The molecule has 1 heterocycles. The molecule has 1 fully saturated rings. The van der Waals surface area contributed by atoms with Gasteiger partial charge in [0, 0.05) is 31.7 Å². The Morgan fingerprint density at radius 1 is 0.962 bits per heavy atom. The van der Waals surface area contributed by atoms with Gasteiger partial charge in [0.25, 0.3) is 0 Å². The predicted molar refractivity (Wildman–Crippen MR) is 100 cm³/mol. The lowest BCUT2D eigenvalue weighted by atomic mass is 10.0. The minimum absolute atomic E-state index is 0.0277. The molecule has 0 amide bonds. The fourth-order valence-electron chi connectivity index (χ4n) is 3.23. The maximum absolute atomic E-state index is 13.1. The third-order valence-electron chi connectivity index (χ3n) is 4.79. The Bertz CT molecular complexity index is 855. The summed E-state index contributed by atoms with van der Waals surface area (Å²) in [5.41, 5.74) is 1.11. The van der Waals surface area contributed by atoms with Gasteiger partial charge in [-0.25, -0.2) is 8.42 Å². The number of nitrogens with zero attached hydrogens (tertiary/aromatic N) is 2. The van der Waals surface area contributed by atoms with E-state index in [0.29, 0.717) is 31.1 Å². The van der Waals surface area contributed by atoms with Gasteiger partial charge in [-0.15, -0.1) is 0 Å². The highest BCUT2D eigenvalue weighted by Gasteiger charge is 2.33. The maximum Gasteiger partial charge on any atom is 0.243 e. The predicted octanol–water partition coefficient (Wildman–Crippen LogP) is 2.38. The summed E-state index contributed by atoms with van der Waals surface area (Å²) in [4.78, 5) is 2.40. The zero-order valence-corrected chi connectivity index (χ0v) is 16.1. The number of piperazine rings is 1. The van der Waals surface area contributed by atoms with Gasteiger partial charge < -0.3 is 9.47 Å². The molecule has 0 unspecified atom stereocenters. The third-order valence-corrected chi connectivity index (χ3v) is 6.65. The molecule has 0 N–H and O–H groups in total. The molecule has 0 saturated carbocycles. The van der Waals surface area contributed by atoms with Crippen LogP contribution in [0, 0.1) is 0 Å². The van der Waals surface area contributed by atoms with E-state index in [1.807, 2.05) is 37.4 Å². The number of benzene rings is 2. The van der Waals surface area contributed by atoms with Crippen molar-refractivity contribution in [2.75, 3.05) is 40.9 Å². The number of hydrogen-bond donors (Lipinski definition) is 0. The van der Waals surface area contributed by atoms with Crippen LogP contribution in [0.25, 0.3) is 0 Å². The van der Waals surface area contributed by atoms with Crippen LogP contribution in [-0.4, -0.2) is 58.5 Å². The van der Waals surface area contributed by atoms with E-state index >= 15 is 0 Å². The van der Waals surface area contributed by atoms with Crippen molar-refractivity contribution in [3.8, 4) is 11.5 Å². The first kappa shape index (κ1) is 18.7. The molecular formula is C19H24N2O4S. The summed E-state index contributed by atoms with van der Waals surface area (Å²) < 4.78 is 38.3. The maximum atomic E-state index is 13.1. The SMILES string of the molecule is COc1ccc(S(=O)(=O)N2CCN(C)[C@@H](c3ccccc3)C2)cc1OC. The van der Waals surface area contributed by atoms with Gasteiger partial charge in [0.2, 0.25) is 10.0 Å². The lowest BCUT2D eigenvalue weighted by Gasteiger charge is -2.39. The molecular weight excluding hydrogens is 352 g/mol. The fraction of sp³-hybridized carbons (Fsp3) is 0.368. The van der Waals surface area contributed by atoms with Gasteiger partial charge in [-0.3, -0.25) is 4.90 Å². The topological polar surface area (TPSA) is 59.1 Å². The van der Waals surface area contributed by atoms with E-state index in [2.05, 4.69) is 4.90 Å². The van der Waals surface area contributed by atoms with E-state index in [1.54, 1.807) is 16.4 Å². The summed E-state index contributed by atoms with van der Waals surface area (Å²) in [6, 6.07) is 14.7. The van der Waals surface area contributed by atoms with Gasteiger partial charge in [-0.05, 0) is 24.7 Å². The molecule has 2 aromatic rings. The summed E-state index contributed by atoms with van der Waals surface area (Å²) in [6.45, 7) is 1.54. The molecule has 1 aliphatic rings. The van der Waals surface area contributed by atoms with Crippen LogP contribution < -0.4 is 9.47 Å². The van der Waals surface area contributed by atoms with Crippen molar-refractivity contribution >= 4 is 10.0 Å². The summed E-state index contributed by atoms with van der Waals surface area (Å²) in [5, 5.41) is 0. The second kappa shape index (κ2) is 7.65. The first-order valence-corrected chi connectivity index (χ1v) is 9.88. The lowest BCUT2D eigenvalue weighted by molar-refractivity contribution is 0.148. The molecule has 2 aromatic carbocycles. The lowest BCUT2D eigenvalue weighted by Crippen LogP contribution is -2.48. The first-order valence-electron chi connectivity index (χ1n) is 8.44. The molecule has 1 aliphatic heterocycles. The second-order valence-electron chi connectivity index (χ2n) is 6.29. The Morgan fingerprint density at radius 3 is 2.31 bits per heavy atom. The number of sulfonamides is 1. The van der Waals surface area contributed by atoms with Crippen LogP contribution >= 0.6 is 0 Å². The van der Waals surface area contributed by atoms with Gasteiger partial charge in [0.15, 0.2) is 11.5 Å². The van der Waals surface area contributed by atoms with Crippen LogP contribution in [0.15, 0.2) is 53.4 Å². The van der Waals surface area contributed by atoms with Gasteiger partial charge >= 0.3 is 0 Å². The van der Waals surface area contributed by atoms with E-state index in [4.69, 9.17) is 9.47 Å². The van der Waals surface area contributed by atoms with Crippen LogP contribution in [0.1, 0.15) is 11.6 Å². The summed E-state index contributed by atoms with van der Waals surface area (Å²) >= 11 is 0. The number of rotatable bonds is 5. The van der Waals surface area contributed by atoms with Gasteiger partial charge in [0.05, 0.1) is 19.1 Å². The quantitative estimate of drug-likeness (QED) is 0.802. The van der Waals surface area contributed by atoms with E-state index < -0.39 is 10.0 Å². The van der Waals surface area contributed by atoms with Crippen molar-refractivity contribution in [2.45, 2.75) is 10.9 Å². The van der Waals surface area contributed by atoms with Crippen LogP contribution in [0.5, 0.6) is 11.5 Å². The van der Waals surface area contributed by atoms with Crippen LogP contribution in [0.4, 0.5) is 0 Å². The molecule has 0 aliphatic carbocycles. The Hall–Kier alpha value is -2.09. The molecule has 1 saturated heterocycles. The van der Waals surface area contributed by atoms with E-state index in [1.165, 1.54) is 20.3 Å². The highest BCUT2D eigenvalue weighted by atomic mass is 32.2. The Balaban J connectivity index is 1.90. The Morgan fingerprint density at radius 2 is 1.65 bits per heavy atom.